The number of fused-ring (bicyclic) bond motifs is 1. The number of thioether (sulfide) groups is 1. The smallest absolute Gasteiger partial charge is 0.0483 e. The second-order valence-corrected chi connectivity index (χ2v) is 7.18. The van der Waals surface area contributed by atoms with E-state index >= 15 is 0 Å². The number of aromatic nitrogens is 1. The van der Waals surface area contributed by atoms with Crippen LogP contribution in [0.2, 0.25) is 0 Å². The molecule has 0 saturated carbocycles. The molecule has 1 aromatic carbocycles. The van der Waals surface area contributed by atoms with Gasteiger partial charge in [-0.25, -0.2) is 0 Å². The number of hydrogen-bond acceptors (Lipinski definition) is 2. The van der Waals surface area contributed by atoms with E-state index in [1.165, 1.54) is 47.2 Å². The number of rotatable bonds is 4. The van der Waals surface area contributed by atoms with Crippen molar-refractivity contribution in [2.75, 3.05) is 12.3 Å². The van der Waals surface area contributed by atoms with E-state index < -0.39 is 0 Å². The zero-order valence-corrected chi connectivity index (χ0v) is 13.3. The van der Waals surface area contributed by atoms with Crippen molar-refractivity contribution in [3.05, 3.63) is 35.5 Å². The van der Waals surface area contributed by atoms with Crippen molar-refractivity contribution < 1.29 is 0 Å². The maximum Gasteiger partial charge on any atom is 0.0483 e. The van der Waals surface area contributed by atoms with Crippen LogP contribution in [0.15, 0.2) is 24.3 Å². The number of para-hydroxylation sites is 1. The molecular formula is C17H24N2S. The van der Waals surface area contributed by atoms with Gasteiger partial charge in [0.15, 0.2) is 0 Å². The number of nitrogens with zero attached hydrogens (tertiary/aromatic N) is 1. The summed E-state index contributed by atoms with van der Waals surface area (Å²) in [5.74, 6) is 1.35. The minimum absolute atomic E-state index is 0.818. The van der Waals surface area contributed by atoms with Crippen LogP contribution >= 0.6 is 11.8 Å². The number of hydrogen-bond donors (Lipinski definition) is 1. The van der Waals surface area contributed by atoms with E-state index in [0.29, 0.717) is 0 Å². The highest BCUT2D eigenvalue weighted by Crippen LogP contribution is 2.26. The standard InChI is InChI=1S/C17H24N2S/c1-13-15-8-3-4-9-16(15)19(2)17(13)12-18-11-14-7-5-6-10-20-14/h3-4,8-9,14,18H,5-7,10-12H2,1-2H3. The summed E-state index contributed by atoms with van der Waals surface area (Å²) in [4.78, 5) is 0. The Kier molecular flexibility index (Phi) is 4.37. The van der Waals surface area contributed by atoms with Gasteiger partial charge in [-0.05, 0) is 37.1 Å². The Morgan fingerprint density at radius 2 is 2.15 bits per heavy atom. The van der Waals surface area contributed by atoms with Crippen molar-refractivity contribution in [3.63, 3.8) is 0 Å². The number of benzene rings is 1. The molecule has 1 fully saturated rings. The predicted molar refractivity (Wildman–Crippen MR) is 89.5 cm³/mol. The summed E-state index contributed by atoms with van der Waals surface area (Å²) in [5.41, 5.74) is 4.19. The lowest BCUT2D eigenvalue weighted by molar-refractivity contribution is 0.586. The first-order chi connectivity index (χ1) is 9.77. The van der Waals surface area contributed by atoms with Crippen LogP contribution < -0.4 is 5.32 Å². The maximum atomic E-state index is 3.67. The Labute approximate surface area is 125 Å². The van der Waals surface area contributed by atoms with Crippen LogP contribution in [0.1, 0.15) is 30.5 Å². The molecule has 1 N–H and O–H groups in total. The molecule has 20 heavy (non-hydrogen) atoms. The lowest BCUT2D eigenvalue weighted by Crippen LogP contribution is -2.27. The maximum absolute atomic E-state index is 3.67. The fourth-order valence-electron chi connectivity index (χ4n) is 3.21. The first kappa shape index (κ1) is 14.0. The first-order valence-corrected chi connectivity index (χ1v) is 8.67. The molecule has 3 rings (SSSR count). The zero-order valence-electron chi connectivity index (χ0n) is 12.5. The van der Waals surface area contributed by atoms with Crippen molar-refractivity contribution in [1.82, 2.24) is 9.88 Å². The molecule has 2 heterocycles. The Morgan fingerprint density at radius 1 is 1.30 bits per heavy atom. The van der Waals surface area contributed by atoms with Gasteiger partial charge in [-0.15, -0.1) is 0 Å². The molecule has 0 spiro atoms. The van der Waals surface area contributed by atoms with Gasteiger partial charge in [-0.2, -0.15) is 11.8 Å². The van der Waals surface area contributed by atoms with Crippen LogP contribution in [0, 0.1) is 6.92 Å². The minimum atomic E-state index is 0.818. The van der Waals surface area contributed by atoms with Gasteiger partial charge in [-0.1, -0.05) is 24.6 Å². The second-order valence-electron chi connectivity index (χ2n) is 5.77. The molecule has 1 atom stereocenters. The van der Waals surface area contributed by atoms with Crippen molar-refractivity contribution >= 4 is 22.7 Å². The van der Waals surface area contributed by atoms with Crippen LogP contribution in [0.4, 0.5) is 0 Å². The average Bonchev–Trinajstić information content (AvgIpc) is 2.74. The van der Waals surface area contributed by atoms with Crippen LogP contribution in [0.3, 0.4) is 0 Å². The summed E-state index contributed by atoms with van der Waals surface area (Å²) in [6.07, 6.45) is 4.20. The summed E-state index contributed by atoms with van der Waals surface area (Å²) in [6.45, 7) is 4.37. The van der Waals surface area contributed by atoms with Gasteiger partial charge in [-0.3, -0.25) is 0 Å². The van der Waals surface area contributed by atoms with Crippen LogP contribution in [0.5, 0.6) is 0 Å². The summed E-state index contributed by atoms with van der Waals surface area (Å²) < 4.78 is 2.34. The third-order valence-corrected chi connectivity index (χ3v) is 5.84. The highest BCUT2D eigenvalue weighted by Gasteiger charge is 2.15. The molecule has 2 nitrogen and oxygen atoms in total. The third kappa shape index (κ3) is 2.75. The Balaban J connectivity index is 1.68. The van der Waals surface area contributed by atoms with E-state index in [1.54, 1.807) is 0 Å². The molecule has 2 aromatic rings. The monoisotopic (exact) mass is 288 g/mol. The molecule has 0 bridgehead atoms. The van der Waals surface area contributed by atoms with Crippen molar-refractivity contribution in [1.29, 1.82) is 0 Å². The number of nitrogens with one attached hydrogen (secondary N) is 1. The van der Waals surface area contributed by atoms with Gasteiger partial charge in [0, 0.05) is 42.0 Å². The quantitative estimate of drug-likeness (QED) is 0.920. The molecule has 1 unspecified atom stereocenters. The zero-order chi connectivity index (χ0) is 13.9. The van der Waals surface area contributed by atoms with Gasteiger partial charge in [0.2, 0.25) is 0 Å². The van der Waals surface area contributed by atoms with Crippen molar-refractivity contribution in [3.8, 4) is 0 Å². The lowest BCUT2D eigenvalue weighted by Gasteiger charge is -2.21. The fourth-order valence-corrected chi connectivity index (χ4v) is 4.48. The normalized spacial score (nSPS) is 19.6. The average molecular weight is 288 g/mol. The van der Waals surface area contributed by atoms with Gasteiger partial charge in [0.1, 0.15) is 0 Å². The molecule has 0 amide bonds. The topological polar surface area (TPSA) is 17.0 Å². The Bertz CT molecular complexity index is 543. The second kappa shape index (κ2) is 6.23. The van der Waals surface area contributed by atoms with Crippen molar-refractivity contribution in [2.24, 2.45) is 7.05 Å². The molecule has 1 aromatic heterocycles. The summed E-state index contributed by atoms with van der Waals surface area (Å²) in [6, 6.07) is 8.69. The molecule has 0 aliphatic carbocycles. The summed E-state index contributed by atoms with van der Waals surface area (Å²) in [5, 5.41) is 5.88. The van der Waals surface area contributed by atoms with Gasteiger partial charge < -0.3 is 9.88 Å². The molecule has 3 heteroatoms. The number of aryl methyl sites for hydroxylation is 2. The van der Waals surface area contributed by atoms with Gasteiger partial charge in [0.25, 0.3) is 0 Å². The highest BCUT2D eigenvalue weighted by atomic mass is 32.2. The predicted octanol–water partition coefficient (Wildman–Crippen LogP) is 3.86. The molecule has 1 aliphatic rings. The Morgan fingerprint density at radius 3 is 2.90 bits per heavy atom. The van der Waals surface area contributed by atoms with Crippen LogP contribution in [-0.2, 0) is 13.6 Å². The molecular weight excluding hydrogens is 264 g/mol. The van der Waals surface area contributed by atoms with Gasteiger partial charge in [0.05, 0.1) is 0 Å². The Hall–Kier alpha value is -0.930. The van der Waals surface area contributed by atoms with E-state index in [-0.39, 0.29) is 0 Å². The first-order valence-electron chi connectivity index (χ1n) is 7.62. The molecule has 108 valence electrons. The van der Waals surface area contributed by atoms with Crippen LogP contribution in [0.25, 0.3) is 10.9 Å². The van der Waals surface area contributed by atoms with E-state index in [1.807, 2.05) is 0 Å². The van der Waals surface area contributed by atoms with E-state index in [4.69, 9.17) is 0 Å². The van der Waals surface area contributed by atoms with Gasteiger partial charge >= 0.3 is 0 Å². The molecule has 0 radical (unpaired) electrons. The molecule has 1 aliphatic heterocycles. The third-order valence-electron chi connectivity index (χ3n) is 4.45. The summed E-state index contributed by atoms with van der Waals surface area (Å²) in [7, 11) is 2.18. The van der Waals surface area contributed by atoms with E-state index in [9.17, 15) is 0 Å². The lowest BCUT2D eigenvalue weighted by atomic mass is 10.1. The minimum Gasteiger partial charge on any atom is -0.346 e. The van der Waals surface area contributed by atoms with E-state index in [0.717, 1.165) is 18.3 Å². The van der Waals surface area contributed by atoms with Crippen molar-refractivity contribution in [2.45, 2.75) is 38.0 Å². The fraction of sp³-hybridized carbons (Fsp3) is 0.529. The largest absolute Gasteiger partial charge is 0.346 e. The molecule has 1 saturated heterocycles. The summed E-state index contributed by atoms with van der Waals surface area (Å²) >= 11 is 2.14. The van der Waals surface area contributed by atoms with E-state index in [2.05, 4.69) is 59.9 Å². The SMILES string of the molecule is Cc1c(CNCC2CCCCS2)n(C)c2ccccc12. The highest BCUT2D eigenvalue weighted by molar-refractivity contribution is 7.99. The van der Waals surface area contributed by atoms with Crippen LogP contribution in [-0.4, -0.2) is 22.1 Å².